The zero-order valence-electron chi connectivity index (χ0n) is 16.2. The summed E-state index contributed by atoms with van der Waals surface area (Å²) in [6, 6.07) is 0. The zero-order chi connectivity index (χ0) is 17.8. The number of rotatable bonds is 12. The van der Waals surface area contributed by atoms with Crippen LogP contribution in [0.5, 0.6) is 0 Å². The van der Waals surface area contributed by atoms with Crippen molar-refractivity contribution in [3.8, 4) is 0 Å². The summed E-state index contributed by atoms with van der Waals surface area (Å²) >= 11 is 0. The normalized spacial score (nSPS) is 18.3. The number of guanidine groups is 1. The summed E-state index contributed by atoms with van der Waals surface area (Å²) in [5, 5.41) is 16.1. The average Bonchev–Trinajstić information content (AvgIpc) is 2.50. The summed E-state index contributed by atoms with van der Waals surface area (Å²) in [6.45, 7) is 10.3. The van der Waals surface area contributed by atoms with Crippen molar-refractivity contribution in [2.45, 2.75) is 59.3 Å². The fourth-order valence-corrected chi connectivity index (χ4v) is 3.46. The van der Waals surface area contributed by atoms with E-state index in [0.29, 0.717) is 17.3 Å². The summed E-state index contributed by atoms with van der Waals surface area (Å²) < 4.78 is 5.27. The molecular weight excluding hydrogens is 302 g/mol. The standard InChI is InChI=1S/C19H39N3O2/c1-5-20-18(21-14-17(7-11-23)13-16(2)3)22-15-19(8-6-9-19)10-12-24-4/h16-17,23H,5-15H2,1-4H3,(H2,20,21,22). The number of hydrogen-bond donors (Lipinski definition) is 3. The first kappa shape index (κ1) is 21.2. The molecule has 0 bridgehead atoms. The molecule has 0 aliphatic heterocycles. The van der Waals surface area contributed by atoms with Gasteiger partial charge in [-0.3, -0.25) is 4.99 Å². The Morgan fingerprint density at radius 1 is 1.29 bits per heavy atom. The summed E-state index contributed by atoms with van der Waals surface area (Å²) in [5.74, 6) is 2.05. The molecule has 0 saturated heterocycles. The maximum Gasteiger partial charge on any atom is 0.191 e. The van der Waals surface area contributed by atoms with Gasteiger partial charge in [-0.1, -0.05) is 20.3 Å². The lowest BCUT2D eigenvalue weighted by atomic mass is 9.67. The zero-order valence-corrected chi connectivity index (χ0v) is 16.2. The Morgan fingerprint density at radius 2 is 2.04 bits per heavy atom. The van der Waals surface area contributed by atoms with Gasteiger partial charge in [0.1, 0.15) is 0 Å². The van der Waals surface area contributed by atoms with E-state index in [1.807, 2.05) is 0 Å². The molecule has 5 nitrogen and oxygen atoms in total. The molecule has 5 heteroatoms. The lowest BCUT2D eigenvalue weighted by Gasteiger charge is -2.40. The molecule has 0 amide bonds. The Hall–Kier alpha value is -0.810. The predicted molar refractivity (Wildman–Crippen MR) is 101 cm³/mol. The van der Waals surface area contributed by atoms with Crippen molar-refractivity contribution >= 4 is 5.96 Å². The Bertz CT molecular complexity index is 355. The Balaban J connectivity index is 2.54. The average molecular weight is 342 g/mol. The molecule has 1 aliphatic rings. The lowest BCUT2D eigenvalue weighted by Crippen LogP contribution is -2.42. The molecule has 0 aromatic rings. The number of aliphatic hydroxyl groups excluding tert-OH is 1. The molecule has 0 aromatic heterocycles. The molecule has 0 spiro atoms. The van der Waals surface area contributed by atoms with Gasteiger partial charge in [-0.05, 0) is 56.3 Å². The molecule has 1 saturated carbocycles. The van der Waals surface area contributed by atoms with Crippen molar-refractivity contribution < 1.29 is 9.84 Å². The molecule has 142 valence electrons. The van der Waals surface area contributed by atoms with Gasteiger partial charge in [0, 0.05) is 40.0 Å². The molecule has 1 atom stereocenters. The van der Waals surface area contributed by atoms with Crippen molar-refractivity contribution in [3.63, 3.8) is 0 Å². The van der Waals surface area contributed by atoms with E-state index in [1.165, 1.54) is 19.3 Å². The third-order valence-corrected chi connectivity index (χ3v) is 5.07. The number of aliphatic hydroxyl groups is 1. The number of aliphatic imine (C=N–C) groups is 1. The second-order valence-corrected chi connectivity index (χ2v) is 7.68. The molecule has 0 aromatic carbocycles. The molecule has 3 N–H and O–H groups in total. The van der Waals surface area contributed by atoms with Crippen LogP contribution in [0.3, 0.4) is 0 Å². The number of methoxy groups -OCH3 is 1. The topological polar surface area (TPSA) is 65.9 Å². The highest BCUT2D eigenvalue weighted by Gasteiger charge is 2.36. The van der Waals surface area contributed by atoms with E-state index in [2.05, 4.69) is 31.4 Å². The van der Waals surface area contributed by atoms with E-state index >= 15 is 0 Å². The van der Waals surface area contributed by atoms with Crippen LogP contribution < -0.4 is 10.6 Å². The minimum Gasteiger partial charge on any atom is -0.396 e. The van der Waals surface area contributed by atoms with Crippen LogP contribution in [-0.2, 0) is 4.74 Å². The highest BCUT2D eigenvalue weighted by atomic mass is 16.5. The Morgan fingerprint density at radius 3 is 2.54 bits per heavy atom. The molecule has 1 unspecified atom stereocenters. The van der Waals surface area contributed by atoms with Crippen LogP contribution in [-0.4, -0.2) is 51.0 Å². The van der Waals surface area contributed by atoms with Gasteiger partial charge in [0.05, 0.1) is 0 Å². The van der Waals surface area contributed by atoms with Crippen LogP contribution in [0.1, 0.15) is 59.3 Å². The molecule has 1 fully saturated rings. The van der Waals surface area contributed by atoms with Crippen LogP contribution in [0, 0.1) is 17.3 Å². The lowest BCUT2D eigenvalue weighted by molar-refractivity contribution is 0.0778. The van der Waals surface area contributed by atoms with Crippen LogP contribution in [0.2, 0.25) is 0 Å². The van der Waals surface area contributed by atoms with Gasteiger partial charge in [0.2, 0.25) is 0 Å². The summed E-state index contributed by atoms with van der Waals surface area (Å²) in [7, 11) is 1.78. The van der Waals surface area contributed by atoms with Crippen LogP contribution >= 0.6 is 0 Å². The Kier molecular flexibility index (Phi) is 10.3. The third kappa shape index (κ3) is 7.84. The SMILES string of the molecule is CCNC(=NCC1(CCOC)CCC1)NCC(CCO)CC(C)C. The van der Waals surface area contributed by atoms with Gasteiger partial charge in [0.15, 0.2) is 5.96 Å². The monoisotopic (exact) mass is 341 g/mol. The summed E-state index contributed by atoms with van der Waals surface area (Å²) in [6.07, 6.45) is 6.93. The highest BCUT2D eigenvalue weighted by Crippen LogP contribution is 2.44. The fourth-order valence-electron chi connectivity index (χ4n) is 3.46. The van der Waals surface area contributed by atoms with Gasteiger partial charge >= 0.3 is 0 Å². The van der Waals surface area contributed by atoms with E-state index in [-0.39, 0.29) is 6.61 Å². The number of nitrogens with zero attached hydrogens (tertiary/aromatic N) is 1. The van der Waals surface area contributed by atoms with Crippen molar-refractivity contribution in [1.82, 2.24) is 10.6 Å². The van der Waals surface area contributed by atoms with Crippen molar-refractivity contribution in [3.05, 3.63) is 0 Å². The minimum atomic E-state index is 0.257. The highest BCUT2D eigenvalue weighted by molar-refractivity contribution is 5.79. The van der Waals surface area contributed by atoms with E-state index < -0.39 is 0 Å². The molecule has 0 radical (unpaired) electrons. The van der Waals surface area contributed by atoms with Crippen LogP contribution in [0.25, 0.3) is 0 Å². The first-order valence-corrected chi connectivity index (χ1v) is 9.67. The van der Waals surface area contributed by atoms with Crippen molar-refractivity contribution in [1.29, 1.82) is 0 Å². The fraction of sp³-hybridized carbons (Fsp3) is 0.947. The van der Waals surface area contributed by atoms with Crippen molar-refractivity contribution in [2.24, 2.45) is 22.2 Å². The second kappa shape index (κ2) is 11.7. The number of nitrogens with one attached hydrogen (secondary N) is 2. The maximum atomic E-state index is 9.26. The third-order valence-electron chi connectivity index (χ3n) is 5.07. The number of ether oxygens (including phenoxy) is 1. The largest absolute Gasteiger partial charge is 0.396 e. The second-order valence-electron chi connectivity index (χ2n) is 7.68. The molecule has 0 heterocycles. The van der Waals surface area contributed by atoms with E-state index in [9.17, 15) is 5.11 Å². The van der Waals surface area contributed by atoms with Gasteiger partial charge in [0.25, 0.3) is 0 Å². The maximum absolute atomic E-state index is 9.26. The van der Waals surface area contributed by atoms with E-state index in [1.54, 1.807) is 7.11 Å². The molecule has 24 heavy (non-hydrogen) atoms. The summed E-state index contributed by atoms with van der Waals surface area (Å²) in [5.41, 5.74) is 0.348. The first-order chi connectivity index (χ1) is 11.5. The number of hydrogen-bond acceptors (Lipinski definition) is 3. The Labute approximate surface area is 148 Å². The van der Waals surface area contributed by atoms with E-state index in [4.69, 9.17) is 9.73 Å². The summed E-state index contributed by atoms with van der Waals surface area (Å²) in [4.78, 5) is 4.85. The predicted octanol–water partition coefficient (Wildman–Crippen LogP) is 2.79. The smallest absolute Gasteiger partial charge is 0.191 e. The van der Waals surface area contributed by atoms with Gasteiger partial charge in [-0.25, -0.2) is 0 Å². The van der Waals surface area contributed by atoms with Crippen molar-refractivity contribution in [2.75, 3.05) is 40.0 Å². The quantitative estimate of drug-likeness (QED) is 0.377. The first-order valence-electron chi connectivity index (χ1n) is 9.67. The van der Waals surface area contributed by atoms with Crippen LogP contribution in [0.15, 0.2) is 4.99 Å². The van der Waals surface area contributed by atoms with E-state index in [0.717, 1.165) is 51.5 Å². The van der Waals surface area contributed by atoms with Gasteiger partial charge in [-0.15, -0.1) is 0 Å². The van der Waals surface area contributed by atoms with Gasteiger partial charge < -0.3 is 20.5 Å². The molecule has 1 rings (SSSR count). The molecular formula is C19H39N3O2. The molecule has 1 aliphatic carbocycles. The minimum absolute atomic E-state index is 0.257. The van der Waals surface area contributed by atoms with Crippen LogP contribution in [0.4, 0.5) is 0 Å². The van der Waals surface area contributed by atoms with Gasteiger partial charge in [-0.2, -0.15) is 0 Å².